The van der Waals surface area contributed by atoms with Gasteiger partial charge in [-0.25, -0.2) is 8.78 Å². The van der Waals surface area contributed by atoms with Gasteiger partial charge in [-0.15, -0.1) is 0 Å². The second kappa shape index (κ2) is 8.85. The Labute approximate surface area is 196 Å². The molecule has 3 nitrogen and oxygen atoms in total. The average Bonchev–Trinajstić information content (AvgIpc) is 2.99. The van der Waals surface area contributed by atoms with Crippen LogP contribution in [-0.4, -0.2) is 23.0 Å². The summed E-state index contributed by atoms with van der Waals surface area (Å²) in [4.78, 5) is 12.5. The molecule has 0 aliphatic heterocycles. The van der Waals surface area contributed by atoms with E-state index < -0.39 is 11.3 Å². The minimum atomic E-state index is -2.63. The quantitative estimate of drug-likeness (QED) is 0.513. The van der Waals surface area contributed by atoms with E-state index in [4.69, 9.17) is 0 Å². The van der Waals surface area contributed by atoms with E-state index in [0.29, 0.717) is 37.0 Å². The maximum atomic E-state index is 15.4. The zero-order valence-electron chi connectivity index (χ0n) is 19.9. The minimum Gasteiger partial charge on any atom is -0.508 e. The number of fused-ring (bicyclic) bond motifs is 5. The Morgan fingerprint density at radius 2 is 1.94 bits per heavy atom. The number of halogens is 2. The molecule has 4 aliphatic carbocycles. The molecule has 2 N–H and O–H groups in total. The van der Waals surface area contributed by atoms with Crippen LogP contribution >= 0.6 is 0 Å². The van der Waals surface area contributed by atoms with Gasteiger partial charge in [0, 0.05) is 24.3 Å². The van der Waals surface area contributed by atoms with Gasteiger partial charge in [-0.2, -0.15) is 0 Å². The number of phenolic OH excluding ortho intramolecular Hbond substituents is 1. The lowest BCUT2D eigenvalue weighted by atomic mass is 9.53. The number of amides is 1. The molecular formula is C28H39F2NO2. The zero-order chi connectivity index (χ0) is 23.2. The molecule has 182 valence electrons. The summed E-state index contributed by atoms with van der Waals surface area (Å²) in [5.41, 5.74) is 1.53. The summed E-state index contributed by atoms with van der Waals surface area (Å²) in [6.45, 7) is 1.84. The van der Waals surface area contributed by atoms with E-state index in [-0.39, 0.29) is 30.1 Å². The minimum absolute atomic E-state index is 0.00890. The summed E-state index contributed by atoms with van der Waals surface area (Å²) in [6, 6.07) is 5.96. The topological polar surface area (TPSA) is 49.3 Å². The predicted octanol–water partition coefficient (Wildman–Crippen LogP) is 6.73. The molecule has 3 fully saturated rings. The summed E-state index contributed by atoms with van der Waals surface area (Å²) in [7, 11) is 0. The van der Waals surface area contributed by atoms with E-state index >= 15 is 8.78 Å². The molecule has 1 aromatic rings. The van der Waals surface area contributed by atoms with Gasteiger partial charge >= 0.3 is 0 Å². The number of alkyl halides is 2. The first-order valence-corrected chi connectivity index (χ1v) is 13.3. The number of carbonyl (C=O) groups is 1. The molecule has 3 saturated carbocycles. The smallest absolute Gasteiger partial charge is 0.253 e. The Morgan fingerprint density at radius 1 is 1.15 bits per heavy atom. The lowest BCUT2D eigenvalue weighted by Crippen LogP contribution is -2.47. The van der Waals surface area contributed by atoms with Crippen molar-refractivity contribution in [3.63, 3.8) is 0 Å². The van der Waals surface area contributed by atoms with Crippen LogP contribution in [0.25, 0.3) is 0 Å². The number of benzene rings is 1. The highest BCUT2D eigenvalue weighted by Crippen LogP contribution is 2.68. The maximum absolute atomic E-state index is 15.4. The van der Waals surface area contributed by atoms with Crippen LogP contribution in [0.15, 0.2) is 18.2 Å². The van der Waals surface area contributed by atoms with Gasteiger partial charge in [0.05, 0.1) is 0 Å². The second-order valence-corrected chi connectivity index (χ2v) is 11.6. The van der Waals surface area contributed by atoms with Crippen LogP contribution in [-0.2, 0) is 11.2 Å². The third-order valence-corrected chi connectivity index (χ3v) is 9.77. The highest BCUT2D eigenvalue weighted by Gasteiger charge is 2.67. The molecule has 1 amide bonds. The number of aromatic hydroxyl groups is 1. The largest absolute Gasteiger partial charge is 0.508 e. The summed E-state index contributed by atoms with van der Waals surface area (Å²) >= 11 is 0. The lowest BCUT2D eigenvalue weighted by Gasteiger charge is -2.51. The highest BCUT2D eigenvalue weighted by atomic mass is 19.3. The molecule has 0 saturated heterocycles. The molecule has 0 spiro atoms. The molecule has 4 unspecified atom stereocenters. The van der Waals surface area contributed by atoms with Crippen molar-refractivity contribution in [3.8, 4) is 5.75 Å². The summed E-state index contributed by atoms with van der Waals surface area (Å²) in [5, 5.41) is 13.1. The third-order valence-electron chi connectivity index (χ3n) is 9.77. The van der Waals surface area contributed by atoms with E-state index in [9.17, 15) is 9.90 Å². The van der Waals surface area contributed by atoms with Gasteiger partial charge in [0.1, 0.15) is 5.75 Å². The van der Waals surface area contributed by atoms with Crippen molar-refractivity contribution in [1.82, 2.24) is 5.32 Å². The van der Waals surface area contributed by atoms with Crippen LogP contribution in [0, 0.1) is 23.2 Å². The van der Waals surface area contributed by atoms with Crippen molar-refractivity contribution in [3.05, 3.63) is 29.3 Å². The van der Waals surface area contributed by atoms with Gasteiger partial charge < -0.3 is 10.4 Å². The molecule has 0 bridgehead atoms. The van der Waals surface area contributed by atoms with Gasteiger partial charge in [-0.05, 0) is 98.3 Å². The lowest BCUT2D eigenvalue weighted by molar-refractivity contribution is -0.133. The van der Waals surface area contributed by atoms with Crippen LogP contribution in [0.1, 0.15) is 101 Å². The first-order chi connectivity index (χ1) is 15.8. The van der Waals surface area contributed by atoms with Crippen molar-refractivity contribution in [2.45, 2.75) is 108 Å². The Kier molecular flexibility index (Phi) is 6.20. The molecule has 0 heterocycles. The van der Waals surface area contributed by atoms with Gasteiger partial charge in [0.2, 0.25) is 5.91 Å². The van der Waals surface area contributed by atoms with E-state index in [1.807, 2.05) is 19.1 Å². The monoisotopic (exact) mass is 459 g/mol. The van der Waals surface area contributed by atoms with Crippen LogP contribution in [0.3, 0.4) is 0 Å². The standard InChI is InChI=1S/C28H39F2NO2/c1-27-15-14-23-22-13-11-21(32)16-18(22)10-12-24(23)26(27)19(17-28(27,29)30)6-5-9-25(33)31-20-7-3-2-4-8-20/h11,13,16,19-20,23-24,26,32H,2-10,12,14-15,17H2,1H3,(H,31,33)/t19?,23?,24?,26?,27-/m0/s1. The van der Waals surface area contributed by atoms with Gasteiger partial charge in [0.25, 0.3) is 5.92 Å². The van der Waals surface area contributed by atoms with Crippen molar-refractivity contribution in [2.75, 3.05) is 0 Å². The normalized spacial score (nSPS) is 35.4. The van der Waals surface area contributed by atoms with Crippen molar-refractivity contribution >= 4 is 5.91 Å². The van der Waals surface area contributed by atoms with E-state index in [1.54, 1.807) is 6.07 Å². The molecule has 1 aromatic carbocycles. The second-order valence-electron chi connectivity index (χ2n) is 11.6. The predicted molar refractivity (Wildman–Crippen MR) is 125 cm³/mol. The summed E-state index contributed by atoms with van der Waals surface area (Å²) < 4.78 is 30.8. The number of aryl methyl sites for hydroxylation is 1. The van der Waals surface area contributed by atoms with Gasteiger partial charge in [-0.3, -0.25) is 4.79 Å². The molecule has 5 atom stereocenters. The zero-order valence-corrected chi connectivity index (χ0v) is 19.9. The molecule has 33 heavy (non-hydrogen) atoms. The highest BCUT2D eigenvalue weighted by molar-refractivity contribution is 5.76. The Balaban J connectivity index is 1.27. The van der Waals surface area contributed by atoms with E-state index in [0.717, 1.165) is 38.5 Å². The number of hydrogen-bond acceptors (Lipinski definition) is 2. The average molecular weight is 460 g/mol. The van der Waals surface area contributed by atoms with Gasteiger partial charge in [0.15, 0.2) is 0 Å². The number of nitrogens with one attached hydrogen (secondary N) is 1. The van der Waals surface area contributed by atoms with Crippen LogP contribution in [0.2, 0.25) is 0 Å². The molecule has 0 radical (unpaired) electrons. The Bertz CT molecular complexity index is 881. The Morgan fingerprint density at radius 3 is 2.73 bits per heavy atom. The fraction of sp³-hybridized carbons (Fsp3) is 0.750. The Hall–Kier alpha value is -1.65. The van der Waals surface area contributed by atoms with Gasteiger partial charge in [-0.1, -0.05) is 32.3 Å². The fourth-order valence-electron chi connectivity index (χ4n) is 8.16. The SMILES string of the molecule is C[C@]12CCC3c4ccc(O)cc4CCC3C1C(CCCC(=O)NC1CCCCC1)CC2(F)F. The first kappa shape index (κ1) is 23.1. The van der Waals surface area contributed by atoms with E-state index in [1.165, 1.54) is 30.4 Å². The van der Waals surface area contributed by atoms with Crippen molar-refractivity contribution in [2.24, 2.45) is 23.2 Å². The van der Waals surface area contributed by atoms with Crippen molar-refractivity contribution < 1.29 is 18.7 Å². The van der Waals surface area contributed by atoms with Crippen molar-refractivity contribution in [1.29, 1.82) is 0 Å². The summed E-state index contributed by atoms with van der Waals surface area (Å²) in [6.07, 6.45) is 10.8. The fourth-order valence-corrected chi connectivity index (χ4v) is 8.16. The maximum Gasteiger partial charge on any atom is 0.253 e. The number of phenols is 1. The molecule has 5 heteroatoms. The first-order valence-electron chi connectivity index (χ1n) is 13.3. The number of hydrogen-bond donors (Lipinski definition) is 2. The summed E-state index contributed by atoms with van der Waals surface area (Å²) in [5.74, 6) is -1.65. The number of rotatable bonds is 5. The van der Waals surface area contributed by atoms with E-state index in [2.05, 4.69) is 5.32 Å². The van der Waals surface area contributed by atoms with Crippen LogP contribution < -0.4 is 5.32 Å². The molecule has 5 rings (SSSR count). The molecular weight excluding hydrogens is 420 g/mol. The molecule has 0 aromatic heterocycles. The molecule has 4 aliphatic rings. The van der Waals surface area contributed by atoms with Crippen LogP contribution in [0.5, 0.6) is 5.75 Å². The number of carbonyl (C=O) groups excluding carboxylic acids is 1. The third kappa shape index (κ3) is 4.18. The van der Waals surface area contributed by atoms with Crippen LogP contribution in [0.4, 0.5) is 8.78 Å².